The number of H-pyrrole nitrogens is 1. The van der Waals surface area contributed by atoms with Crippen molar-refractivity contribution in [3.63, 3.8) is 0 Å². The average Bonchev–Trinajstić information content (AvgIpc) is 3.53. The Morgan fingerprint density at radius 1 is 1.19 bits per heavy atom. The highest BCUT2D eigenvalue weighted by atomic mass is 16.5. The molecule has 31 heavy (non-hydrogen) atoms. The van der Waals surface area contributed by atoms with Gasteiger partial charge in [0, 0.05) is 24.2 Å². The van der Waals surface area contributed by atoms with Crippen molar-refractivity contribution in [3.05, 3.63) is 65.3 Å². The van der Waals surface area contributed by atoms with Crippen LogP contribution in [0.25, 0.3) is 22.8 Å². The van der Waals surface area contributed by atoms with Crippen LogP contribution in [0.4, 0.5) is 0 Å². The molecule has 0 spiro atoms. The summed E-state index contributed by atoms with van der Waals surface area (Å²) in [6.45, 7) is 4.47. The normalized spacial score (nSPS) is 13.5. The van der Waals surface area contributed by atoms with Crippen LogP contribution < -0.4 is 10.1 Å². The first kappa shape index (κ1) is 19.0. The van der Waals surface area contributed by atoms with E-state index >= 15 is 0 Å². The Bertz CT molecular complexity index is 1260. The number of fused-ring (bicyclic) bond motifs is 1. The summed E-state index contributed by atoms with van der Waals surface area (Å²) in [6, 6.07) is 10.9. The van der Waals surface area contributed by atoms with Crippen LogP contribution in [0.5, 0.6) is 5.75 Å². The average molecular weight is 416 g/mol. The number of hydrogen-bond acceptors (Lipinski definition) is 7. The minimum atomic E-state index is -0.413. The van der Waals surface area contributed by atoms with Gasteiger partial charge in [-0.25, -0.2) is 4.98 Å². The minimum Gasteiger partial charge on any atom is -0.493 e. The van der Waals surface area contributed by atoms with Crippen LogP contribution in [0.2, 0.25) is 0 Å². The summed E-state index contributed by atoms with van der Waals surface area (Å²) in [6.07, 6.45) is 2.57. The van der Waals surface area contributed by atoms with Crippen molar-refractivity contribution in [2.75, 3.05) is 6.61 Å². The number of hydrogen-bond donors (Lipinski definition) is 2. The Balaban J connectivity index is 1.28. The molecule has 2 N–H and O–H groups in total. The number of aryl methyl sites for hydroxylation is 1. The van der Waals surface area contributed by atoms with Gasteiger partial charge in [-0.3, -0.25) is 14.9 Å². The first-order valence-electron chi connectivity index (χ1n) is 9.96. The van der Waals surface area contributed by atoms with Crippen LogP contribution in [0.1, 0.15) is 40.5 Å². The minimum absolute atomic E-state index is 0.124. The number of amides is 1. The van der Waals surface area contributed by atoms with Gasteiger partial charge in [0.15, 0.2) is 5.82 Å². The molecule has 9 heteroatoms. The van der Waals surface area contributed by atoms with E-state index in [0.717, 1.165) is 28.9 Å². The topological polar surface area (TPSA) is 119 Å². The van der Waals surface area contributed by atoms with Gasteiger partial charge in [0.1, 0.15) is 23.0 Å². The standard InChI is InChI=1S/C22H20N6O3/c1-12-5-7-23-17(9-12)21-25-20(26-27-21)13(2)24-22(29)19-11-16(28-31-19)14-3-4-18-15(10-14)6-8-30-18/h3-5,7,9-11,13H,6,8H2,1-2H3,(H,24,29)(H,25,26,27). The van der Waals surface area contributed by atoms with E-state index in [1.165, 1.54) is 0 Å². The fourth-order valence-electron chi connectivity index (χ4n) is 3.44. The lowest BCUT2D eigenvalue weighted by molar-refractivity contribution is 0.0901. The first-order chi connectivity index (χ1) is 15.1. The zero-order valence-corrected chi connectivity index (χ0v) is 17.0. The van der Waals surface area contributed by atoms with E-state index in [1.54, 1.807) is 12.3 Å². The summed E-state index contributed by atoms with van der Waals surface area (Å²) >= 11 is 0. The van der Waals surface area contributed by atoms with Gasteiger partial charge in [-0.05, 0) is 55.3 Å². The summed E-state index contributed by atoms with van der Waals surface area (Å²) in [4.78, 5) is 21.4. The third-order valence-corrected chi connectivity index (χ3v) is 5.12. The van der Waals surface area contributed by atoms with E-state index < -0.39 is 6.04 Å². The van der Waals surface area contributed by atoms with Crippen LogP contribution in [0.3, 0.4) is 0 Å². The van der Waals surface area contributed by atoms with Crippen molar-refractivity contribution in [1.29, 1.82) is 0 Å². The van der Waals surface area contributed by atoms with Crippen LogP contribution >= 0.6 is 0 Å². The molecule has 4 aromatic rings. The van der Waals surface area contributed by atoms with Gasteiger partial charge in [0.2, 0.25) is 5.76 Å². The van der Waals surface area contributed by atoms with Crippen LogP contribution in [-0.2, 0) is 6.42 Å². The fourth-order valence-corrected chi connectivity index (χ4v) is 3.44. The van der Waals surface area contributed by atoms with Crippen LogP contribution in [0, 0.1) is 6.92 Å². The number of nitrogens with zero attached hydrogens (tertiary/aromatic N) is 4. The summed E-state index contributed by atoms with van der Waals surface area (Å²) in [5.74, 6) is 1.62. The molecule has 1 atom stereocenters. The molecule has 4 heterocycles. The third-order valence-electron chi connectivity index (χ3n) is 5.12. The quantitative estimate of drug-likeness (QED) is 0.512. The molecule has 1 aromatic carbocycles. The number of aromatic amines is 1. The van der Waals surface area contributed by atoms with Gasteiger partial charge < -0.3 is 14.6 Å². The second-order valence-corrected chi connectivity index (χ2v) is 7.46. The van der Waals surface area contributed by atoms with Gasteiger partial charge in [-0.1, -0.05) is 5.16 Å². The molecule has 3 aromatic heterocycles. The molecule has 0 saturated carbocycles. The number of aromatic nitrogens is 5. The molecule has 156 valence electrons. The van der Waals surface area contributed by atoms with E-state index in [1.807, 2.05) is 44.2 Å². The largest absolute Gasteiger partial charge is 0.493 e. The molecular formula is C22H20N6O3. The Morgan fingerprint density at radius 3 is 2.97 bits per heavy atom. The van der Waals surface area contributed by atoms with Crippen molar-refractivity contribution in [2.24, 2.45) is 0 Å². The van der Waals surface area contributed by atoms with Crippen molar-refractivity contribution < 1.29 is 14.1 Å². The predicted octanol–water partition coefficient (Wildman–Crippen LogP) is 3.26. The second-order valence-electron chi connectivity index (χ2n) is 7.46. The highest BCUT2D eigenvalue weighted by molar-refractivity contribution is 5.92. The molecule has 0 radical (unpaired) electrons. The second kappa shape index (κ2) is 7.67. The smallest absolute Gasteiger partial charge is 0.290 e. The van der Waals surface area contributed by atoms with Gasteiger partial charge in [-0.2, -0.15) is 5.10 Å². The Labute approximate surface area is 177 Å². The molecule has 1 aliphatic heterocycles. The van der Waals surface area contributed by atoms with Gasteiger partial charge in [-0.15, -0.1) is 0 Å². The number of carbonyl (C=O) groups is 1. The number of carbonyl (C=O) groups excluding carboxylic acids is 1. The SMILES string of the molecule is Cc1ccnc(-c2n[nH]c(C(C)NC(=O)c3cc(-c4ccc5c(c4)CCO5)no3)n2)c1. The molecule has 0 fully saturated rings. The zero-order chi connectivity index (χ0) is 21.4. The molecule has 0 bridgehead atoms. The summed E-state index contributed by atoms with van der Waals surface area (Å²) in [5.41, 5.74) is 4.34. The Hall–Kier alpha value is -4.01. The number of rotatable bonds is 5. The molecule has 1 aliphatic rings. The number of nitrogens with one attached hydrogen (secondary N) is 2. The van der Waals surface area contributed by atoms with E-state index in [0.29, 0.717) is 29.6 Å². The van der Waals surface area contributed by atoms with Gasteiger partial charge in [0.05, 0.1) is 12.6 Å². The van der Waals surface area contributed by atoms with E-state index in [-0.39, 0.29) is 11.7 Å². The maximum atomic E-state index is 12.6. The molecular weight excluding hydrogens is 396 g/mol. The monoisotopic (exact) mass is 416 g/mol. The third kappa shape index (κ3) is 3.77. The fraction of sp³-hybridized carbons (Fsp3) is 0.227. The number of pyridine rings is 1. The van der Waals surface area contributed by atoms with Crippen molar-refractivity contribution in [3.8, 4) is 28.5 Å². The lowest BCUT2D eigenvalue weighted by Crippen LogP contribution is -2.27. The van der Waals surface area contributed by atoms with Crippen molar-refractivity contribution >= 4 is 5.91 Å². The first-order valence-corrected chi connectivity index (χ1v) is 9.96. The molecule has 1 amide bonds. The summed E-state index contributed by atoms with van der Waals surface area (Å²) < 4.78 is 10.8. The lowest BCUT2D eigenvalue weighted by atomic mass is 10.1. The van der Waals surface area contributed by atoms with E-state index in [2.05, 4.69) is 30.6 Å². The summed E-state index contributed by atoms with van der Waals surface area (Å²) in [7, 11) is 0. The highest BCUT2D eigenvalue weighted by Crippen LogP contribution is 2.30. The Morgan fingerprint density at radius 2 is 2.10 bits per heavy atom. The van der Waals surface area contributed by atoms with Gasteiger partial charge in [0.25, 0.3) is 5.91 Å². The predicted molar refractivity (Wildman–Crippen MR) is 111 cm³/mol. The van der Waals surface area contributed by atoms with Crippen molar-refractivity contribution in [2.45, 2.75) is 26.3 Å². The van der Waals surface area contributed by atoms with E-state index in [9.17, 15) is 4.79 Å². The molecule has 1 unspecified atom stereocenters. The maximum absolute atomic E-state index is 12.6. The molecule has 5 rings (SSSR count). The molecule has 9 nitrogen and oxygen atoms in total. The van der Waals surface area contributed by atoms with Gasteiger partial charge >= 0.3 is 0 Å². The molecule has 0 aliphatic carbocycles. The number of ether oxygens (including phenoxy) is 1. The van der Waals surface area contributed by atoms with Crippen LogP contribution in [-0.4, -0.2) is 37.8 Å². The Kier molecular flexibility index (Phi) is 4.70. The van der Waals surface area contributed by atoms with Crippen molar-refractivity contribution in [1.82, 2.24) is 30.6 Å². The zero-order valence-electron chi connectivity index (χ0n) is 17.0. The highest BCUT2D eigenvalue weighted by Gasteiger charge is 2.20. The van der Waals surface area contributed by atoms with Crippen LogP contribution in [0.15, 0.2) is 47.1 Å². The van der Waals surface area contributed by atoms with E-state index in [4.69, 9.17) is 9.26 Å². The lowest BCUT2D eigenvalue weighted by Gasteiger charge is -2.08. The molecule has 0 saturated heterocycles. The summed E-state index contributed by atoms with van der Waals surface area (Å²) in [5, 5.41) is 14.0. The maximum Gasteiger partial charge on any atom is 0.290 e. The number of benzene rings is 1.